The first-order valence-corrected chi connectivity index (χ1v) is 10.5. The van der Waals surface area contributed by atoms with E-state index in [1.54, 1.807) is 6.20 Å². The van der Waals surface area contributed by atoms with E-state index in [4.69, 9.17) is 21.4 Å². The van der Waals surface area contributed by atoms with Crippen LogP contribution in [0.1, 0.15) is 24.6 Å². The van der Waals surface area contributed by atoms with Crippen molar-refractivity contribution < 1.29 is 0 Å². The van der Waals surface area contributed by atoms with Crippen LogP contribution in [0.5, 0.6) is 0 Å². The van der Waals surface area contributed by atoms with Crippen LogP contribution in [-0.4, -0.2) is 25.4 Å². The van der Waals surface area contributed by atoms with Crippen LogP contribution in [0, 0.1) is 0 Å². The molecule has 1 saturated carbocycles. The molecule has 1 aliphatic carbocycles. The molecule has 0 aliphatic heterocycles. The highest BCUT2D eigenvalue weighted by atomic mass is 15.1. The standard InChI is InChI=1S/C25H22N6/c26-19-12-18(13-19)25-30-22(23-24(27)28-10-11-31(23)25)17-7-6-16-8-9-20(29-21(16)14-17)15-4-2-1-3-5-15/h1-11,14,18-19H,12-13,26H2,(H2,27,28). The number of imidazole rings is 1. The topological polar surface area (TPSA) is 95.1 Å². The number of aromatic nitrogens is 4. The first-order valence-electron chi connectivity index (χ1n) is 10.5. The van der Waals surface area contributed by atoms with Crippen LogP contribution in [0.3, 0.4) is 0 Å². The molecule has 0 radical (unpaired) electrons. The zero-order valence-electron chi connectivity index (χ0n) is 16.9. The summed E-state index contributed by atoms with van der Waals surface area (Å²) >= 11 is 0. The molecule has 3 aromatic heterocycles. The summed E-state index contributed by atoms with van der Waals surface area (Å²) in [7, 11) is 0. The van der Waals surface area contributed by atoms with Crippen molar-refractivity contribution in [3.8, 4) is 22.5 Å². The molecule has 5 aromatic rings. The van der Waals surface area contributed by atoms with Crippen LogP contribution >= 0.6 is 0 Å². The number of rotatable bonds is 3. The van der Waals surface area contributed by atoms with E-state index in [1.165, 1.54) is 0 Å². The summed E-state index contributed by atoms with van der Waals surface area (Å²) in [4.78, 5) is 14.3. The van der Waals surface area contributed by atoms with E-state index in [0.29, 0.717) is 11.7 Å². The highest BCUT2D eigenvalue weighted by molar-refractivity contribution is 5.91. The second-order valence-corrected chi connectivity index (χ2v) is 8.25. The normalized spacial score (nSPS) is 18.4. The smallest absolute Gasteiger partial charge is 0.150 e. The van der Waals surface area contributed by atoms with Gasteiger partial charge in [-0.3, -0.25) is 4.40 Å². The van der Waals surface area contributed by atoms with Crippen molar-refractivity contribution in [3.63, 3.8) is 0 Å². The van der Waals surface area contributed by atoms with Crippen LogP contribution in [0.2, 0.25) is 0 Å². The van der Waals surface area contributed by atoms with Crippen LogP contribution < -0.4 is 11.5 Å². The van der Waals surface area contributed by atoms with Crippen molar-refractivity contribution in [2.24, 2.45) is 5.73 Å². The van der Waals surface area contributed by atoms with E-state index in [1.807, 2.05) is 24.4 Å². The molecule has 0 atom stereocenters. The number of benzene rings is 2. The Bertz CT molecular complexity index is 1420. The number of fused-ring (bicyclic) bond motifs is 2. The summed E-state index contributed by atoms with van der Waals surface area (Å²) in [5, 5.41) is 1.09. The Balaban J connectivity index is 1.51. The molecule has 1 fully saturated rings. The third-order valence-electron chi connectivity index (χ3n) is 6.19. The summed E-state index contributed by atoms with van der Waals surface area (Å²) < 4.78 is 2.08. The minimum atomic E-state index is 0.251. The maximum Gasteiger partial charge on any atom is 0.150 e. The van der Waals surface area contributed by atoms with Gasteiger partial charge in [-0.1, -0.05) is 48.5 Å². The lowest BCUT2D eigenvalue weighted by atomic mass is 9.80. The van der Waals surface area contributed by atoms with Crippen molar-refractivity contribution in [1.82, 2.24) is 19.4 Å². The number of hydrogen-bond acceptors (Lipinski definition) is 5. The molecular formula is C25H22N6. The zero-order chi connectivity index (χ0) is 20.9. The predicted molar refractivity (Wildman–Crippen MR) is 124 cm³/mol. The Labute approximate surface area is 179 Å². The van der Waals surface area contributed by atoms with Crippen molar-refractivity contribution in [2.75, 3.05) is 5.73 Å². The monoisotopic (exact) mass is 406 g/mol. The third-order valence-corrected chi connectivity index (χ3v) is 6.19. The number of hydrogen-bond donors (Lipinski definition) is 2. The highest BCUT2D eigenvalue weighted by Gasteiger charge is 2.32. The van der Waals surface area contributed by atoms with Crippen LogP contribution in [0.15, 0.2) is 73.1 Å². The van der Waals surface area contributed by atoms with Crippen molar-refractivity contribution in [2.45, 2.75) is 24.8 Å². The molecule has 6 nitrogen and oxygen atoms in total. The maximum absolute atomic E-state index is 6.30. The van der Waals surface area contributed by atoms with E-state index in [2.05, 4.69) is 51.8 Å². The highest BCUT2D eigenvalue weighted by Crippen LogP contribution is 2.39. The average Bonchev–Trinajstić information content (AvgIpc) is 3.17. The summed E-state index contributed by atoms with van der Waals surface area (Å²) in [5.41, 5.74) is 18.0. The Morgan fingerprint density at radius 1 is 0.903 bits per heavy atom. The molecule has 3 heterocycles. The second-order valence-electron chi connectivity index (χ2n) is 8.25. The van der Waals surface area contributed by atoms with Gasteiger partial charge in [-0.25, -0.2) is 15.0 Å². The lowest BCUT2D eigenvalue weighted by molar-refractivity contribution is 0.337. The second kappa shape index (κ2) is 6.89. The largest absolute Gasteiger partial charge is 0.382 e. The summed E-state index contributed by atoms with van der Waals surface area (Å²) in [6, 6.07) is 20.9. The summed E-state index contributed by atoms with van der Waals surface area (Å²) in [6.45, 7) is 0. The molecule has 1 aliphatic rings. The average molecular weight is 406 g/mol. The van der Waals surface area contributed by atoms with Gasteiger partial charge >= 0.3 is 0 Å². The molecule has 6 heteroatoms. The number of anilines is 1. The van der Waals surface area contributed by atoms with E-state index >= 15 is 0 Å². The molecule has 0 spiro atoms. The van der Waals surface area contributed by atoms with E-state index in [-0.39, 0.29) is 6.04 Å². The number of nitrogens with zero attached hydrogens (tertiary/aromatic N) is 4. The summed E-state index contributed by atoms with van der Waals surface area (Å²) in [5.74, 6) is 1.83. The fourth-order valence-corrected chi connectivity index (χ4v) is 4.48. The number of nitrogens with two attached hydrogens (primary N) is 2. The van der Waals surface area contributed by atoms with E-state index in [0.717, 1.165) is 57.6 Å². The lowest BCUT2D eigenvalue weighted by Gasteiger charge is -2.31. The molecule has 152 valence electrons. The maximum atomic E-state index is 6.30. The predicted octanol–water partition coefficient (Wildman–Crippen LogP) is 4.40. The van der Waals surface area contributed by atoms with Crippen molar-refractivity contribution in [3.05, 3.63) is 78.9 Å². The van der Waals surface area contributed by atoms with Gasteiger partial charge in [-0.15, -0.1) is 0 Å². The van der Waals surface area contributed by atoms with Crippen molar-refractivity contribution in [1.29, 1.82) is 0 Å². The Hall–Kier alpha value is -3.77. The Kier molecular flexibility index (Phi) is 4.01. The molecule has 0 unspecified atom stereocenters. The molecular weight excluding hydrogens is 384 g/mol. The molecule has 4 N–H and O–H groups in total. The SMILES string of the molecule is Nc1nccn2c(C3CC(N)C3)nc(-c3ccc4ccc(-c5ccccc5)nc4c3)c12. The molecule has 0 saturated heterocycles. The van der Waals surface area contributed by atoms with Crippen LogP contribution in [-0.2, 0) is 0 Å². The zero-order valence-corrected chi connectivity index (χ0v) is 16.9. The Morgan fingerprint density at radius 2 is 1.71 bits per heavy atom. The van der Waals surface area contributed by atoms with Gasteiger partial charge in [0.25, 0.3) is 0 Å². The quantitative estimate of drug-likeness (QED) is 0.463. The number of nitrogen functional groups attached to an aromatic ring is 1. The van der Waals surface area contributed by atoms with Gasteiger partial charge in [-0.2, -0.15) is 0 Å². The van der Waals surface area contributed by atoms with Gasteiger partial charge in [0, 0.05) is 40.9 Å². The van der Waals surface area contributed by atoms with Gasteiger partial charge in [0.1, 0.15) is 22.9 Å². The summed E-state index contributed by atoms with van der Waals surface area (Å²) in [6.07, 6.45) is 5.55. The number of pyridine rings is 1. The third kappa shape index (κ3) is 2.95. The van der Waals surface area contributed by atoms with Crippen molar-refractivity contribution >= 4 is 22.2 Å². The Morgan fingerprint density at radius 3 is 2.52 bits per heavy atom. The fourth-order valence-electron chi connectivity index (χ4n) is 4.48. The van der Waals surface area contributed by atoms with E-state index < -0.39 is 0 Å². The van der Waals surface area contributed by atoms with Gasteiger partial charge in [0.15, 0.2) is 0 Å². The molecule has 2 aromatic carbocycles. The fraction of sp³-hybridized carbons (Fsp3) is 0.160. The van der Waals surface area contributed by atoms with Gasteiger partial charge in [0.05, 0.1) is 11.2 Å². The minimum Gasteiger partial charge on any atom is -0.382 e. The molecule has 0 bridgehead atoms. The van der Waals surface area contributed by atoms with E-state index in [9.17, 15) is 0 Å². The molecule has 0 amide bonds. The lowest BCUT2D eigenvalue weighted by Crippen LogP contribution is -2.35. The minimum absolute atomic E-state index is 0.251. The first-order chi connectivity index (χ1) is 15.2. The molecule has 6 rings (SSSR count). The van der Waals surface area contributed by atoms with Gasteiger partial charge < -0.3 is 11.5 Å². The van der Waals surface area contributed by atoms with Crippen LogP contribution in [0.25, 0.3) is 38.9 Å². The van der Waals surface area contributed by atoms with Gasteiger partial charge in [-0.05, 0) is 25.0 Å². The van der Waals surface area contributed by atoms with Gasteiger partial charge in [0.2, 0.25) is 0 Å². The molecule has 31 heavy (non-hydrogen) atoms. The van der Waals surface area contributed by atoms with Crippen LogP contribution in [0.4, 0.5) is 5.82 Å². The first kappa shape index (κ1) is 18.0.